The standard InChI is InChI=1S/C20H33N3O/c1-2-11-22-12-7-6-10-19(22)20(24)23-15-13-21(14-16-23)17-18-8-4-3-5-9-18/h1,18-19H,3-17H2. The van der Waals surface area contributed by atoms with Crippen molar-refractivity contribution in [3.8, 4) is 12.3 Å². The van der Waals surface area contributed by atoms with E-state index < -0.39 is 0 Å². The minimum Gasteiger partial charge on any atom is -0.339 e. The number of carbonyl (C=O) groups is 1. The molecule has 1 unspecified atom stereocenters. The van der Waals surface area contributed by atoms with E-state index in [0.29, 0.717) is 12.5 Å². The lowest BCUT2D eigenvalue weighted by molar-refractivity contribution is -0.139. The Kier molecular flexibility index (Phi) is 6.57. The van der Waals surface area contributed by atoms with Crippen LogP contribution >= 0.6 is 0 Å². The zero-order chi connectivity index (χ0) is 16.8. The van der Waals surface area contributed by atoms with Gasteiger partial charge in [-0.1, -0.05) is 31.6 Å². The number of amides is 1. The van der Waals surface area contributed by atoms with Crippen LogP contribution < -0.4 is 0 Å². The third kappa shape index (κ3) is 4.52. The van der Waals surface area contributed by atoms with Gasteiger partial charge in [0, 0.05) is 32.7 Å². The third-order valence-corrected chi connectivity index (χ3v) is 6.12. The highest BCUT2D eigenvalue weighted by molar-refractivity contribution is 5.82. The lowest BCUT2D eigenvalue weighted by atomic mass is 9.89. The van der Waals surface area contributed by atoms with Crippen molar-refractivity contribution in [1.82, 2.24) is 14.7 Å². The van der Waals surface area contributed by atoms with E-state index in [0.717, 1.165) is 51.5 Å². The van der Waals surface area contributed by atoms with Crippen LogP contribution in [0.2, 0.25) is 0 Å². The molecule has 2 heterocycles. The number of piperidine rings is 1. The van der Waals surface area contributed by atoms with Crippen LogP contribution in [-0.2, 0) is 4.79 Å². The van der Waals surface area contributed by atoms with Gasteiger partial charge in [0.05, 0.1) is 12.6 Å². The number of rotatable bonds is 4. The highest BCUT2D eigenvalue weighted by Gasteiger charge is 2.33. The fourth-order valence-corrected chi connectivity index (χ4v) is 4.67. The molecule has 4 nitrogen and oxygen atoms in total. The molecule has 134 valence electrons. The number of terminal acetylenes is 1. The van der Waals surface area contributed by atoms with Gasteiger partial charge in [-0.3, -0.25) is 14.6 Å². The molecule has 2 aliphatic heterocycles. The number of carbonyl (C=O) groups excluding carboxylic acids is 1. The molecule has 0 aromatic heterocycles. The molecule has 0 bridgehead atoms. The van der Waals surface area contributed by atoms with Crippen LogP contribution in [0.3, 0.4) is 0 Å². The summed E-state index contributed by atoms with van der Waals surface area (Å²) >= 11 is 0. The molecule has 0 N–H and O–H groups in total. The van der Waals surface area contributed by atoms with Crippen LogP contribution in [0.4, 0.5) is 0 Å². The van der Waals surface area contributed by atoms with Crippen molar-refractivity contribution in [2.45, 2.75) is 57.4 Å². The SMILES string of the molecule is C#CCN1CCCCC1C(=O)N1CCN(CC2CCCCC2)CC1. The van der Waals surface area contributed by atoms with Crippen molar-refractivity contribution in [3.63, 3.8) is 0 Å². The molecule has 3 fully saturated rings. The lowest BCUT2D eigenvalue weighted by Gasteiger charge is -2.41. The molecule has 0 spiro atoms. The van der Waals surface area contributed by atoms with Gasteiger partial charge in [-0.2, -0.15) is 0 Å². The molecule has 4 heteroatoms. The second-order valence-corrected chi connectivity index (χ2v) is 7.82. The first-order chi connectivity index (χ1) is 11.8. The average Bonchev–Trinajstić information content (AvgIpc) is 2.63. The fourth-order valence-electron chi connectivity index (χ4n) is 4.67. The Morgan fingerprint density at radius 2 is 1.62 bits per heavy atom. The number of likely N-dealkylation sites (tertiary alicyclic amines) is 1. The lowest BCUT2D eigenvalue weighted by Crippen LogP contribution is -2.56. The first-order valence-electron chi connectivity index (χ1n) is 9.96. The van der Waals surface area contributed by atoms with Crippen molar-refractivity contribution in [2.75, 3.05) is 45.8 Å². The summed E-state index contributed by atoms with van der Waals surface area (Å²) < 4.78 is 0. The maximum atomic E-state index is 12.9. The molecule has 0 aromatic rings. The zero-order valence-corrected chi connectivity index (χ0v) is 15.1. The minimum absolute atomic E-state index is 0.0275. The van der Waals surface area contributed by atoms with Crippen molar-refractivity contribution in [2.24, 2.45) is 5.92 Å². The Balaban J connectivity index is 1.46. The van der Waals surface area contributed by atoms with Crippen LogP contribution in [0.5, 0.6) is 0 Å². The highest BCUT2D eigenvalue weighted by atomic mass is 16.2. The van der Waals surface area contributed by atoms with Gasteiger partial charge in [0.25, 0.3) is 0 Å². The van der Waals surface area contributed by atoms with Gasteiger partial charge < -0.3 is 4.90 Å². The molecular formula is C20H33N3O. The Morgan fingerprint density at radius 3 is 2.33 bits per heavy atom. The smallest absolute Gasteiger partial charge is 0.240 e. The summed E-state index contributed by atoms with van der Waals surface area (Å²) in [6, 6.07) is 0.0275. The van der Waals surface area contributed by atoms with Crippen LogP contribution in [-0.4, -0.2) is 72.5 Å². The highest BCUT2D eigenvalue weighted by Crippen LogP contribution is 2.25. The molecule has 24 heavy (non-hydrogen) atoms. The van der Waals surface area contributed by atoms with E-state index in [9.17, 15) is 4.79 Å². The van der Waals surface area contributed by atoms with Crippen LogP contribution in [0, 0.1) is 18.3 Å². The molecule has 2 saturated heterocycles. The predicted octanol–water partition coefficient (Wildman–Crippen LogP) is 2.20. The van der Waals surface area contributed by atoms with E-state index in [1.54, 1.807) is 0 Å². The molecule has 1 saturated carbocycles. The van der Waals surface area contributed by atoms with Crippen molar-refractivity contribution in [1.29, 1.82) is 0 Å². The van der Waals surface area contributed by atoms with E-state index in [1.165, 1.54) is 45.1 Å². The number of nitrogens with zero attached hydrogens (tertiary/aromatic N) is 3. The van der Waals surface area contributed by atoms with Crippen LogP contribution in [0.1, 0.15) is 51.4 Å². The van der Waals surface area contributed by atoms with Crippen LogP contribution in [0.25, 0.3) is 0 Å². The quantitative estimate of drug-likeness (QED) is 0.739. The monoisotopic (exact) mass is 331 g/mol. The van der Waals surface area contributed by atoms with Gasteiger partial charge >= 0.3 is 0 Å². The van der Waals surface area contributed by atoms with Gasteiger partial charge in [-0.15, -0.1) is 6.42 Å². The Labute approximate surface area is 147 Å². The first-order valence-corrected chi connectivity index (χ1v) is 9.96. The van der Waals surface area contributed by atoms with Crippen molar-refractivity contribution >= 4 is 5.91 Å². The van der Waals surface area contributed by atoms with E-state index in [-0.39, 0.29) is 6.04 Å². The molecule has 1 aliphatic carbocycles. The fraction of sp³-hybridized carbons (Fsp3) is 0.850. The Hall–Kier alpha value is -1.05. The molecule has 1 amide bonds. The van der Waals surface area contributed by atoms with Gasteiger partial charge in [-0.25, -0.2) is 0 Å². The molecule has 3 aliphatic rings. The van der Waals surface area contributed by atoms with E-state index in [1.807, 2.05) is 0 Å². The predicted molar refractivity (Wildman–Crippen MR) is 97.6 cm³/mol. The summed E-state index contributed by atoms with van der Waals surface area (Å²) in [7, 11) is 0. The number of hydrogen-bond donors (Lipinski definition) is 0. The van der Waals surface area contributed by atoms with E-state index >= 15 is 0 Å². The van der Waals surface area contributed by atoms with Gasteiger partial charge in [0.15, 0.2) is 0 Å². The Morgan fingerprint density at radius 1 is 0.917 bits per heavy atom. The summed E-state index contributed by atoms with van der Waals surface area (Å²) in [5, 5.41) is 0. The zero-order valence-electron chi connectivity index (χ0n) is 15.1. The second-order valence-electron chi connectivity index (χ2n) is 7.82. The largest absolute Gasteiger partial charge is 0.339 e. The topological polar surface area (TPSA) is 26.8 Å². The summed E-state index contributed by atoms with van der Waals surface area (Å²) in [6.45, 7) is 6.71. The molecular weight excluding hydrogens is 298 g/mol. The van der Waals surface area contributed by atoms with E-state index in [4.69, 9.17) is 6.42 Å². The van der Waals surface area contributed by atoms with Gasteiger partial charge in [-0.05, 0) is 38.1 Å². The minimum atomic E-state index is 0.0275. The molecule has 0 radical (unpaired) electrons. The van der Waals surface area contributed by atoms with Gasteiger partial charge in [0.2, 0.25) is 5.91 Å². The van der Waals surface area contributed by atoms with Crippen LogP contribution in [0.15, 0.2) is 0 Å². The third-order valence-electron chi connectivity index (χ3n) is 6.12. The average molecular weight is 332 g/mol. The molecule has 1 atom stereocenters. The summed E-state index contributed by atoms with van der Waals surface area (Å²) in [4.78, 5) is 19.8. The summed E-state index contributed by atoms with van der Waals surface area (Å²) in [5.74, 6) is 3.94. The van der Waals surface area contributed by atoms with Crippen molar-refractivity contribution in [3.05, 3.63) is 0 Å². The van der Waals surface area contributed by atoms with Gasteiger partial charge in [0.1, 0.15) is 0 Å². The maximum Gasteiger partial charge on any atom is 0.240 e. The molecule has 3 rings (SSSR count). The summed E-state index contributed by atoms with van der Waals surface area (Å²) in [5.41, 5.74) is 0. The maximum absolute atomic E-state index is 12.9. The second kappa shape index (κ2) is 8.87. The number of hydrogen-bond acceptors (Lipinski definition) is 3. The summed E-state index contributed by atoms with van der Waals surface area (Å²) in [6.07, 6.45) is 15.8. The first kappa shape index (κ1) is 17.8. The van der Waals surface area contributed by atoms with Crippen molar-refractivity contribution < 1.29 is 4.79 Å². The number of piperazine rings is 1. The molecule has 0 aromatic carbocycles. The normalized spacial score (nSPS) is 27.8. The Bertz CT molecular complexity index is 444. The van der Waals surface area contributed by atoms with E-state index in [2.05, 4.69) is 20.6 Å².